The second-order valence-electron chi connectivity index (χ2n) is 9.61. The Morgan fingerprint density at radius 2 is 0.974 bits per heavy atom. The summed E-state index contributed by atoms with van der Waals surface area (Å²) >= 11 is 0. The fourth-order valence-electron chi connectivity index (χ4n) is 4.20. The number of alkyl halides is 3. The smallest absolute Gasteiger partial charge is 0.442 e. The second-order valence-corrected chi connectivity index (χ2v) is 9.61. The van der Waals surface area contributed by atoms with Crippen LogP contribution in [0.2, 0.25) is 0 Å². The van der Waals surface area contributed by atoms with Crippen molar-refractivity contribution in [2.75, 3.05) is 0 Å². The molecule has 0 saturated heterocycles. The zero-order chi connectivity index (χ0) is 27.1. The van der Waals surface area contributed by atoms with Crippen LogP contribution in [0.25, 0.3) is 11.1 Å². The van der Waals surface area contributed by atoms with Crippen molar-refractivity contribution in [1.82, 2.24) is 0 Å². The van der Waals surface area contributed by atoms with Crippen molar-refractivity contribution < 1.29 is 22.6 Å². The van der Waals surface area contributed by atoms with Gasteiger partial charge in [0.05, 0.1) is 0 Å². The quantitative estimate of drug-likeness (QED) is 0.219. The molecule has 2 aliphatic heterocycles. The van der Waals surface area contributed by atoms with Crippen LogP contribution in [0.4, 0.5) is 13.2 Å². The molecule has 2 heterocycles. The Balaban J connectivity index is 1.01. The first-order valence-electron chi connectivity index (χ1n) is 12.3. The molecule has 6 rings (SSSR count). The molecule has 0 aromatic heterocycles. The normalized spacial score (nSPS) is 16.1. The summed E-state index contributed by atoms with van der Waals surface area (Å²) in [5.41, 5.74) is 2.17. The average Bonchev–Trinajstić information content (AvgIpc) is 3.89. The van der Waals surface area contributed by atoms with Gasteiger partial charge in [0.1, 0.15) is 24.7 Å². The largest absolute Gasteiger partial charge is 0.489 e. The van der Waals surface area contributed by atoms with E-state index in [1.54, 1.807) is 12.1 Å². The number of rotatable bonds is 9. The number of ether oxygens (including phenoxy) is 2. The molecule has 0 atom stereocenters. The first kappa shape index (κ1) is 24.8. The van der Waals surface area contributed by atoms with Gasteiger partial charge in [-0.1, -0.05) is 72.8 Å². The van der Waals surface area contributed by atoms with Crippen LogP contribution in [0.3, 0.4) is 0 Å². The van der Waals surface area contributed by atoms with Gasteiger partial charge in [-0.2, -0.15) is 23.4 Å². The highest BCUT2D eigenvalue weighted by Crippen LogP contribution is 2.52. The van der Waals surface area contributed by atoms with Crippen LogP contribution in [-0.4, -0.2) is 6.18 Å². The summed E-state index contributed by atoms with van der Waals surface area (Å²) in [7, 11) is 0. The van der Waals surface area contributed by atoms with Gasteiger partial charge in [-0.3, -0.25) is 0 Å². The minimum Gasteiger partial charge on any atom is -0.489 e. The van der Waals surface area contributed by atoms with Gasteiger partial charge in [-0.15, -0.1) is 10.2 Å². The van der Waals surface area contributed by atoms with Gasteiger partial charge < -0.3 is 9.47 Å². The van der Waals surface area contributed by atoms with Crippen molar-refractivity contribution in [3.05, 3.63) is 119 Å². The van der Waals surface area contributed by atoms with E-state index in [0.29, 0.717) is 12.4 Å². The molecule has 0 radical (unpaired) electrons. The first-order valence-corrected chi connectivity index (χ1v) is 12.3. The maximum atomic E-state index is 13.1. The van der Waals surface area contributed by atoms with Crippen LogP contribution >= 0.6 is 0 Å². The molecule has 2 aliphatic rings. The van der Waals surface area contributed by atoms with Gasteiger partial charge >= 0.3 is 11.8 Å². The van der Waals surface area contributed by atoms with E-state index in [9.17, 15) is 13.2 Å². The summed E-state index contributed by atoms with van der Waals surface area (Å²) in [5.74, 6) is 1.43. The zero-order valence-electron chi connectivity index (χ0n) is 20.9. The molecule has 196 valence electrons. The van der Waals surface area contributed by atoms with Crippen molar-refractivity contribution in [3.63, 3.8) is 0 Å². The predicted octanol–water partition coefficient (Wildman–Crippen LogP) is 8.33. The SMILES string of the molecule is CC1(c2ccc(COc3ccc(-c4ccc(OCc5ccc(C6(C(F)(F)F)N=N6)cc5)cc4)cc3)cc2)N=N1. The molecule has 0 aliphatic carbocycles. The Labute approximate surface area is 222 Å². The average molecular weight is 529 g/mol. The zero-order valence-corrected chi connectivity index (χ0v) is 20.9. The molecule has 0 fully saturated rings. The highest BCUT2D eigenvalue weighted by molar-refractivity contribution is 5.64. The Morgan fingerprint density at radius 1 is 0.564 bits per heavy atom. The Bertz CT molecular complexity index is 1520. The van der Waals surface area contributed by atoms with Crippen molar-refractivity contribution >= 4 is 0 Å². The van der Waals surface area contributed by atoms with Crippen LogP contribution in [0.15, 0.2) is 118 Å². The van der Waals surface area contributed by atoms with Gasteiger partial charge in [-0.25, -0.2) is 0 Å². The number of benzene rings is 4. The highest BCUT2D eigenvalue weighted by atomic mass is 19.4. The maximum Gasteiger partial charge on any atom is 0.442 e. The van der Waals surface area contributed by atoms with Gasteiger partial charge in [0.15, 0.2) is 0 Å². The number of halogens is 3. The van der Waals surface area contributed by atoms with Crippen molar-refractivity contribution in [2.24, 2.45) is 20.5 Å². The van der Waals surface area contributed by atoms with Crippen LogP contribution in [-0.2, 0) is 24.5 Å². The summed E-state index contributed by atoms with van der Waals surface area (Å²) in [6, 6.07) is 29.6. The molecular weight excluding hydrogens is 505 g/mol. The van der Waals surface area contributed by atoms with E-state index in [-0.39, 0.29) is 17.8 Å². The van der Waals surface area contributed by atoms with Gasteiger partial charge in [0.2, 0.25) is 5.66 Å². The molecular formula is C30H23F3N4O2. The number of hydrogen-bond acceptors (Lipinski definition) is 6. The van der Waals surface area contributed by atoms with Crippen LogP contribution in [0.5, 0.6) is 11.5 Å². The fraction of sp³-hybridized carbons (Fsp3) is 0.200. The molecule has 4 aromatic carbocycles. The third-order valence-corrected chi connectivity index (χ3v) is 6.81. The molecule has 0 amide bonds. The minimum absolute atomic E-state index is 0.00446. The summed E-state index contributed by atoms with van der Waals surface area (Å²) in [6.45, 7) is 2.67. The lowest BCUT2D eigenvalue weighted by atomic mass is 10.0. The highest BCUT2D eigenvalue weighted by Gasteiger charge is 2.65. The van der Waals surface area contributed by atoms with Gasteiger partial charge in [0.25, 0.3) is 0 Å². The first-order chi connectivity index (χ1) is 18.7. The Morgan fingerprint density at radius 3 is 1.33 bits per heavy atom. The van der Waals surface area contributed by atoms with E-state index in [1.807, 2.05) is 79.7 Å². The lowest BCUT2D eigenvalue weighted by molar-refractivity contribution is -0.166. The van der Waals surface area contributed by atoms with Gasteiger partial charge in [-0.05, 0) is 53.4 Å². The van der Waals surface area contributed by atoms with Gasteiger partial charge in [0, 0.05) is 11.1 Å². The second kappa shape index (κ2) is 9.34. The predicted molar refractivity (Wildman–Crippen MR) is 138 cm³/mol. The fourth-order valence-corrected chi connectivity index (χ4v) is 4.20. The van der Waals surface area contributed by atoms with Crippen molar-refractivity contribution in [3.8, 4) is 22.6 Å². The van der Waals surface area contributed by atoms with E-state index in [4.69, 9.17) is 9.47 Å². The molecule has 6 nitrogen and oxygen atoms in total. The van der Waals surface area contributed by atoms with E-state index in [2.05, 4.69) is 20.5 Å². The number of hydrogen-bond donors (Lipinski definition) is 0. The number of nitrogens with zero attached hydrogens (tertiary/aromatic N) is 4. The molecule has 39 heavy (non-hydrogen) atoms. The standard InChI is InChI=1S/C30H23F3N4O2/c1-28(34-35-28)24-10-2-20(3-11-24)18-38-26-14-6-22(7-15-26)23-8-16-27(17-9-23)39-19-21-4-12-25(13-5-21)29(36-37-29)30(31,32)33/h2-17H,18-19H2,1H3. The molecule has 0 spiro atoms. The van der Waals surface area contributed by atoms with Crippen molar-refractivity contribution in [1.29, 1.82) is 0 Å². The van der Waals surface area contributed by atoms with Crippen LogP contribution in [0, 0.1) is 0 Å². The monoisotopic (exact) mass is 528 g/mol. The summed E-state index contributed by atoms with van der Waals surface area (Å²) < 4.78 is 51.2. The molecule has 0 unspecified atom stereocenters. The van der Waals surface area contributed by atoms with Crippen molar-refractivity contribution in [2.45, 2.75) is 37.6 Å². The molecule has 0 bridgehead atoms. The Hall–Kier alpha value is -4.53. The maximum absolute atomic E-state index is 13.1. The van der Waals surface area contributed by atoms with E-state index in [0.717, 1.165) is 33.6 Å². The van der Waals surface area contributed by atoms with E-state index < -0.39 is 11.8 Å². The summed E-state index contributed by atoms with van der Waals surface area (Å²) in [4.78, 5) is 0. The molecule has 0 N–H and O–H groups in total. The lowest BCUT2D eigenvalue weighted by Gasteiger charge is -2.15. The third kappa shape index (κ3) is 5.12. The lowest BCUT2D eigenvalue weighted by Crippen LogP contribution is -2.30. The van der Waals surface area contributed by atoms with E-state index in [1.165, 1.54) is 12.1 Å². The third-order valence-electron chi connectivity index (χ3n) is 6.81. The van der Waals surface area contributed by atoms with Crippen LogP contribution in [0.1, 0.15) is 29.2 Å². The molecule has 4 aromatic rings. The summed E-state index contributed by atoms with van der Waals surface area (Å²) in [5, 5.41) is 14.6. The van der Waals surface area contributed by atoms with E-state index >= 15 is 0 Å². The topological polar surface area (TPSA) is 67.9 Å². The summed E-state index contributed by atoms with van der Waals surface area (Å²) in [6.07, 6.45) is -4.53. The van der Waals surface area contributed by atoms with Crippen LogP contribution < -0.4 is 9.47 Å². The molecule has 9 heteroatoms. The minimum atomic E-state index is -4.53. The molecule has 0 saturated carbocycles. The Kier molecular flexibility index (Phi) is 5.94.